The summed E-state index contributed by atoms with van der Waals surface area (Å²) in [5.41, 5.74) is 9.85. The standard InChI is InChI=1S/C16H19FN2/c1-11-6-5-7-13(12(11)2)16(10-18)19-15-9-4-3-8-14(15)17/h3-9,16,19H,10,18H2,1-2H3. The summed E-state index contributed by atoms with van der Waals surface area (Å²) in [7, 11) is 0. The van der Waals surface area contributed by atoms with E-state index in [4.69, 9.17) is 5.73 Å². The number of rotatable bonds is 4. The summed E-state index contributed by atoms with van der Waals surface area (Å²) in [4.78, 5) is 0. The zero-order valence-electron chi connectivity index (χ0n) is 11.3. The monoisotopic (exact) mass is 258 g/mol. The van der Waals surface area contributed by atoms with Gasteiger partial charge in [0.2, 0.25) is 0 Å². The van der Waals surface area contributed by atoms with Crippen molar-refractivity contribution in [1.29, 1.82) is 0 Å². The van der Waals surface area contributed by atoms with Crippen molar-refractivity contribution in [3.05, 3.63) is 65.0 Å². The molecule has 100 valence electrons. The molecule has 0 amide bonds. The Morgan fingerprint density at radius 1 is 1.11 bits per heavy atom. The maximum atomic E-state index is 13.7. The van der Waals surface area contributed by atoms with Gasteiger partial charge in [0, 0.05) is 6.54 Å². The Balaban J connectivity index is 2.31. The first-order valence-electron chi connectivity index (χ1n) is 6.40. The van der Waals surface area contributed by atoms with Crippen molar-refractivity contribution in [2.75, 3.05) is 11.9 Å². The lowest BCUT2D eigenvalue weighted by Crippen LogP contribution is -2.22. The van der Waals surface area contributed by atoms with Crippen LogP contribution in [0.2, 0.25) is 0 Å². The van der Waals surface area contributed by atoms with Gasteiger partial charge in [-0.2, -0.15) is 0 Å². The van der Waals surface area contributed by atoms with Gasteiger partial charge in [-0.15, -0.1) is 0 Å². The summed E-state index contributed by atoms with van der Waals surface area (Å²) >= 11 is 0. The molecule has 19 heavy (non-hydrogen) atoms. The molecule has 2 aromatic carbocycles. The van der Waals surface area contributed by atoms with Crippen molar-refractivity contribution >= 4 is 5.69 Å². The second-order valence-electron chi connectivity index (χ2n) is 4.70. The molecule has 1 atom stereocenters. The molecule has 0 aliphatic heterocycles. The number of nitrogens with one attached hydrogen (secondary N) is 1. The van der Waals surface area contributed by atoms with E-state index in [2.05, 4.69) is 25.2 Å². The molecule has 3 N–H and O–H groups in total. The number of hydrogen-bond acceptors (Lipinski definition) is 2. The second kappa shape index (κ2) is 5.85. The Hall–Kier alpha value is -1.87. The molecule has 0 saturated heterocycles. The lowest BCUT2D eigenvalue weighted by atomic mass is 9.97. The van der Waals surface area contributed by atoms with Crippen LogP contribution in [0.25, 0.3) is 0 Å². The number of para-hydroxylation sites is 1. The van der Waals surface area contributed by atoms with Gasteiger partial charge < -0.3 is 11.1 Å². The Kier molecular flexibility index (Phi) is 4.17. The first-order valence-corrected chi connectivity index (χ1v) is 6.40. The first-order chi connectivity index (χ1) is 9.13. The average molecular weight is 258 g/mol. The van der Waals surface area contributed by atoms with Crippen molar-refractivity contribution in [3.8, 4) is 0 Å². The fourth-order valence-electron chi connectivity index (χ4n) is 2.18. The van der Waals surface area contributed by atoms with Gasteiger partial charge >= 0.3 is 0 Å². The van der Waals surface area contributed by atoms with E-state index in [9.17, 15) is 4.39 Å². The van der Waals surface area contributed by atoms with Crippen LogP contribution < -0.4 is 11.1 Å². The maximum absolute atomic E-state index is 13.7. The van der Waals surface area contributed by atoms with Gasteiger partial charge in [-0.05, 0) is 42.7 Å². The normalized spacial score (nSPS) is 12.2. The Morgan fingerprint density at radius 2 is 1.84 bits per heavy atom. The fourth-order valence-corrected chi connectivity index (χ4v) is 2.18. The molecule has 0 saturated carbocycles. The zero-order chi connectivity index (χ0) is 13.8. The number of nitrogens with two attached hydrogens (primary N) is 1. The molecule has 0 spiro atoms. The molecule has 0 bridgehead atoms. The van der Waals surface area contributed by atoms with Crippen molar-refractivity contribution in [2.45, 2.75) is 19.9 Å². The van der Waals surface area contributed by atoms with Crippen LogP contribution >= 0.6 is 0 Å². The maximum Gasteiger partial charge on any atom is 0.146 e. The van der Waals surface area contributed by atoms with E-state index >= 15 is 0 Å². The largest absolute Gasteiger partial charge is 0.375 e. The lowest BCUT2D eigenvalue weighted by molar-refractivity contribution is 0.625. The number of benzene rings is 2. The van der Waals surface area contributed by atoms with E-state index in [0.717, 1.165) is 5.56 Å². The second-order valence-corrected chi connectivity index (χ2v) is 4.70. The molecular weight excluding hydrogens is 239 g/mol. The minimum absolute atomic E-state index is 0.0863. The van der Waals surface area contributed by atoms with Crippen molar-refractivity contribution in [3.63, 3.8) is 0 Å². The molecule has 0 fully saturated rings. The van der Waals surface area contributed by atoms with Gasteiger partial charge in [-0.25, -0.2) is 4.39 Å². The summed E-state index contributed by atoms with van der Waals surface area (Å²) in [5.74, 6) is -0.258. The fraction of sp³-hybridized carbons (Fsp3) is 0.250. The first kappa shape index (κ1) is 13.6. The molecule has 0 aromatic heterocycles. The summed E-state index contributed by atoms with van der Waals surface area (Å²) in [6.07, 6.45) is 0. The van der Waals surface area contributed by atoms with E-state index in [-0.39, 0.29) is 11.9 Å². The van der Waals surface area contributed by atoms with Gasteiger partial charge in [0.15, 0.2) is 0 Å². The van der Waals surface area contributed by atoms with Crippen LogP contribution in [-0.4, -0.2) is 6.54 Å². The Morgan fingerprint density at radius 3 is 2.53 bits per heavy atom. The van der Waals surface area contributed by atoms with E-state index in [1.807, 2.05) is 18.2 Å². The summed E-state index contributed by atoms with van der Waals surface area (Å²) in [6.45, 7) is 4.55. The Labute approximate surface area is 113 Å². The highest BCUT2D eigenvalue weighted by atomic mass is 19.1. The van der Waals surface area contributed by atoms with Crippen LogP contribution in [0.3, 0.4) is 0 Å². The summed E-state index contributed by atoms with van der Waals surface area (Å²) < 4.78 is 13.7. The molecule has 1 unspecified atom stereocenters. The van der Waals surface area contributed by atoms with Crippen molar-refractivity contribution in [2.24, 2.45) is 5.73 Å². The van der Waals surface area contributed by atoms with Crippen LogP contribution in [0.15, 0.2) is 42.5 Å². The van der Waals surface area contributed by atoms with Crippen LogP contribution in [0, 0.1) is 19.7 Å². The predicted molar refractivity (Wildman–Crippen MR) is 77.7 cm³/mol. The molecule has 2 rings (SSSR count). The highest BCUT2D eigenvalue weighted by molar-refractivity contribution is 5.48. The topological polar surface area (TPSA) is 38.0 Å². The summed E-state index contributed by atoms with van der Waals surface area (Å²) in [5, 5.41) is 3.18. The van der Waals surface area contributed by atoms with Gasteiger partial charge in [0.25, 0.3) is 0 Å². The number of halogens is 1. The third-order valence-electron chi connectivity index (χ3n) is 3.46. The van der Waals surface area contributed by atoms with Gasteiger partial charge in [-0.3, -0.25) is 0 Å². The molecule has 0 aliphatic carbocycles. The van der Waals surface area contributed by atoms with Crippen molar-refractivity contribution in [1.82, 2.24) is 0 Å². The SMILES string of the molecule is Cc1cccc(C(CN)Nc2ccccc2F)c1C. The van der Waals surface area contributed by atoms with Crippen molar-refractivity contribution < 1.29 is 4.39 Å². The number of aryl methyl sites for hydroxylation is 1. The number of hydrogen-bond donors (Lipinski definition) is 2. The zero-order valence-corrected chi connectivity index (χ0v) is 11.3. The minimum atomic E-state index is -0.258. The van der Waals surface area contributed by atoms with E-state index < -0.39 is 0 Å². The molecule has 3 heteroatoms. The van der Waals surface area contributed by atoms with E-state index in [1.54, 1.807) is 12.1 Å². The average Bonchev–Trinajstić information content (AvgIpc) is 2.41. The van der Waals surface area contributed by atoms with Crippen LogP contribution in [0.5, 0.6) is 0 Å². The Bertz CT molecular complexity index is 566. The van der Waals surface area contributed by atoms with Gasteiger partial charge in [0.1, 0.15) is 5.82 Å². The predicted octanol–water partition coefficient (Wildman–Crippen LogP) is 3.55. The molecule has 0 heterocycles. The summed E-state index contributed by atoms with van der Waals surface area (Å²) in [6, 6.07) is 12.7. The molecule has 0 aliphatic rings. The molecule has 0 radical (unpaired) electrons. The molecule has 2 aromatic rings. The minimum Gasteiger partial charge on any atom is -0.375 e. The van der Waals surface area contributed by atoms with E-state index in [0.29, 0.717) is 12.2 Å². The lowest BCUT2D eigenvalue weighted by Gasteiger charge is -2.21. The van der Waals surface area contributed by atoms with Crippen LogP contribution in [-0.2, 0) is 0 Å². The highest BCUT2D eigenvalue weighted by Crippen LogP contribution is 2.24. The molecular formula is C16H19FN2. The molecule has 2 nitrogen and oxygen atoms in total. The van der Waals surface area contributed by atoms with Crippen LogP contribution in [0.4, 0.5) is 10.1 Å². The smallest absolute Gasteiger partial charge is 0.146 e. The van der Waals surface area contributed by atoms with Gasteiger partial charge in [0.05, 0.1) is 11.7 Å². The van der Waals surface area contributed by atoms with Crippen LogP contribution in [0.1, 0.15) is 22.7 Å². The highest BCUT2D eigenvalue weighted by Gasteiger charge is 2.14. The quantitative estimate of drug-likeness (QED) is 0.880. The van der Waals surface area contributed by atoms with E-state index in [1.165, 1.54) is 17.2 Å². The third-order valence-corrected chi connectivity index (χ3v) is 3.46. The van der Waals surface area contributed by atoms with Gasteiger partial charge in [-0.1, -0.05) is 30.3 Å². The third kappa shape index (κ3) is 2.93. The number of anilines is 1.